The standard InChI is InChI=1S/C14H12BrClN4O/c1-8(2)10-5-9(15)3-4-11(10)21-13-6-12(16)19-14-17-7-18-20(13)14/h3-8H,1-2H3. The molecule has 2 aromatic heterocycles. The van der Waals surface area contributed by atoms with Crippen LogP contribution in [0.15, 0.2) is 35.1 Å². The van der Waals surface area contributed by atoms with Crippen LogP contribution >= 0.6 is 27.5 Å². The summed E-state index contributed by atoms with van der Waals surface area (Å²) < 4.78 is 8.52. The van der Waals surface area contributed by atoms with Gasteiger partial charge in [-0.3, -0.25) is 0 Å². The predicted molar refractivity (Wildman–Crippen MR) is 84.1 cm³/mol. The summed E-state index contributed by atoms with van der Waals surface area (Å²) in [6.07, 6.45) is 1.41. The Hall–Kier alpha value is -1.66. The van der Waals surface area contributed by atoms with Gasteiger partial charge in [0.2, 0.25) is 5.88 Å². The third kappa shape index (κ3) is 2.87. The minimum Gasteiger partial charge on any atom is -0.438 e. The van der Waals surface area contributed by atoms with E-state index in [2.05, 4.69) is 44.8 Å². The second kappa shape index (κ2) is 5.61. The molecule has 3 aromatic rings. The smallest absolute Gasteiger partial charge is 0.256 e. The Labute approximate surface area is 135 Å². The number of halogens is 2. The van der Waals surface area contributed by atoms with E-state index in [9.17, 15) is 0 Å². The van der Waals surface area contributed by atoms with Gasteiger partial charge < -0.3 is 4.74 Å². The summed E-state index contributed by atoms with van der Waals surface area (Å²) in [5, 5.41) is 4.41. The zero-order valence-corrected chi connectivity index (χ0v) is 13.8. The quantitative estimate of drug-likeness (QED) is 0.642. The van der Waals surface area contributed by atoms with Crippen LogP contribution in [0.25, 0.3) is 5.78 Å². The number of hydrogen-bond donors (Lipinski definition) is 0. The SMILES string of the molecule is CC(C)c1cc(Br)ccc1Oc1cc(Cl)nc2ncnn12. The number of rotatable bonds is 3. The van der Waals surface area contributed by atoms with Gasteiger partial charge in [0.25, 0.3) is 5.78 Å². The Kier molecular flexibility index (Phi) is 3.82. The molecule has 0 unspecified atom stereocenters. The number of nitrogens with zero attached hydrogens (tertiary/aromatic N) is 4. The van der Waals surface area contributed by atoms with Crippen molar-refractivity contribution in [2.75, 3.05) is 0 Å². The van der Waals surface area contributed by atoms with Crippen LogP contribution in [0.3, 0.4) is 0 Å². The van der Waals surface area contributed by atoms with Crippen LogP contribution < -0.4 is 4.74 Å². The molecule has 7 heteroatoms. The largest absolute Gasteiger partial charge is 0.438 e. The summed E-state index contributed by atoms with van der Waals surface area (Å²) in [5.74, 6) is 1.96. The third-order valence-electron chi connectivity index (χ3n) is 3.00. The van der Waals surface area contributed by atoms with Crippen molar-refractivity contribution in [3.63, 3.8) is 0 Å². The van der Waals surface area contributed by atoms with Crippen molar-refractivity contribution in [3.05, 3.63) is 45.8 Å². The van der Waals surface area contributed by atoms with Crippen molar-refractivity contribution >= 4 is 33.3 Å². The molecule has 0 atom stereocenters. The molecular weight excluding hydrogens is 356 g/mol. The fourth-order valence-corrected chi connectivity index (χ4v) is 2.55. The van der Waals surface area contributed by atoms with E-state index in [1.165, 1.54) is 10.8 Å². The van der Waals surface area contributed by atoms with Gasteiger partial charge in [-0.2, -0.15) is 19.6 Å². The van der Waals surface area contributed by atoms with E-state index in [1.807, 2.05) is 18.2 Å². The third-order valence-corrected chi connectivity index (χ3v) is 3.68. The normalized spacial score (nSPS) is 11.3. The number of benzene rings is 1. The highest BCUT2D eigenvalue weighted by Gasteiger charge is 2.13. The van der Waals surface area contributed by atoms with Crippen molar-refractivity contribution in [3.8, 4) is 11.6 Å². The van der Waals surface area contributed by atoms with E-state index < -0.39 is 0 Å². The Morgan fingerprint density at radius 2 is 2.10 bits per heavy atom. The zero-order chi connectivity index (χ0) is 15.0. The molecule has 3 rings (SSSR count). The zero-order valence-electron chi connectivity index (χ0n) is 11.4. The molecule has 5 nitrogen and oxygen atoms in total. The lowest BCUT2D eigenvalue weighted by Gasteiger charge is -2.14. The van der Waals surface area contributed by atoms with Crippen LogP contribution in [0.1, 0.15) is 25.3 Å². The van der Waals surface area contributed by atoms with Crippen LogP contribution in [0.4, 0.5) is 0 Å². The lowest BCUT2D eigenvalue weighted by Crippen LogP contribution is -2.00. The van der Waals surface area contributed by atoms with Crippen LogP contribution in [0.5, 0.6) is 11.6 Å². The number of fused-ring (bicyclic) bond motifs is 1. The maximum Gasteiger partial charge on any atom is 0.256 e. The van der Waals surface area contributed by atoms with Gasteiger partial charge in [-0.25, -0.2) is 0 Å². The maximum atomic E-state index is 5.99. The van der Waals surface area contributed by atoms with Gasteiger partial charge in [0.15, 0.2) is 0 Å². The minimum atomic E-state index is 0.314. The van der Waals surface area contributed by atoms with Gasteiger partial charge in [0.1, 0.15) is 17.2 Å². The van der Waals surface area contributed by atoms with Crippen LogP contribution in [0.2, 0.25) is 5.15 Å². The highest BCUT2D eigenvalue weighted by Crippen LogP contribution is 2.33. The first-order valence-electron chi connectivity index (χ1n) is 6.38. The van der Waals surface area contributed by atoms with Crippen LogP contribution in [0, 0.1) is 0 Å². The van der Waals surface area contributed by atoms with Crippen molar-refractivity contribution in [1.29, 1.82) is 0 Å². The average molecular weight is 368 g/mol. The summed E-state index contributed by atoms with van der Waals surface area (Å²) in [4.78, 5) is 8.10. The highest BCUT2D eigenvalue weighted by molar-refractivity contribution is 9.10. The second-order valence-electron chi connectivity index (χ2n) is 4.83. The molecule has 0 bridgehead atoms. The van der Waals surface area contributed by atoms with E-state index in [0.29, 0.717) is 22.7 Å². The number of aromatic nitrogens is 4. The molecule has 0 aliphatic rings. The minimum absolute atomic E-state index is 0.314. The molecule has 0 saturated heterocycles. The molecule has 108 valence electrons. The molecule has 1 aromatic carbocycles. The monoisotopic (exact) mass is 366 g/mol. The summed E-state index contributed by atoms with van der Waals surface area (Å²) >= 11 is 9.48. The second-order valence-corrected chi connectivity index (χ2v) is 6.13. The van der Waals surface area contributed by atoms with Crippen LogP contribution in [-0.4, -0.2) is 19.6 Å². The van der Waals surface area contributed by atoms with Gasteiger partial charge in [-0.05, 0) is 29.7 Å². The Balaban J connectivity index is 2.08. The van der Waals surface area contributed by atoms with Gasteiger partial charge in [-0.15, -0.1) is 0 Å². The molecule has 2 heterocycles. The van der Waals surface area contributed by atoms with Gasteiger partial charge in [0.05, 0.1) is 0 Å². The van der Waals surface area contributed by atoms with Crippen LogP contribution in [-0.2, 0) is 0 Å². The summed E-state index contributed by atoms with van der Waals surface area (Å²) in [7, 11) is 0. The van der Waals surface area contributed by atoms with E-state index in [-0.39, 0.29) is 0 Å². The number of ether oxygens (including phenoxy) is 1. The first kappa shape index (κ1) is 14.3. The predicted octanol–water partition coefficient (Wildman–Crippen LogP) is 4.46. The molecule has 0 spiro atoms. The van der Waals surface area contributed by atoms with Crippen molar-refractivity contribution in [2.24, 2.45) is 0 Å². The molecule has 0 fully saturated rings. The first-order valence-corrected chi connectivity index (χ1v) is 7.55. The molecule has 0 aliphatic carbocycles. The first-order chi connectivity index (χ1) is 10.0. The summed E-state index contributed by atoms with van der Waals surface area (Å²) in [6, 6.07) is 7.51. The molecule has 0 radical (unpaired) electrons. The lowest BCUT2D eigenvalue weighted by molar-refractivity contribution is 0.438. The highest BCUT2D eigenvalue weighted by atomic mass is 79.9. The average Bonchev–Trinajstić information content (AvgIpc) is 2.88. The summed E-state index contributed by atoms with van der Waals surface area (Å²) in [6.45, 7) is 4.22. The lowest BCUT2D eigenvalue weighted by atomic mass is 10.0. The maximum absolute atomic E-state index is 5.99. The van der Waals surface area contributed by atoms with Gasteiger partial charge in [0, 0.05) is 10.5 Å². The Morgan fingerprint density at radius 1 is 1.29 bits per heavy atom. The van der Waals surface area contributed by atoms with Crippen molar-refractivity contribution in [2.45, 2.75) is 19.8 Å². The van der Waals surface area contributed by atoms with Crippen molar-refractivity contribution in [1.82, 2.24) is 19.6 Å². The van der Waals surface area contributed by atoms with E-state index in [4.69, 9.17) is 16.3 Å². The molecular formula is C14H12BrClN4O. The fraction of sp³-hybridized carbons (Fsp3) is 0.214. The topological polar surface area (TPSA) is 52.3 Å². The Bertz CT molecular complexity index is 803. The van der Waals surface area contributed by atoms with E-state index in [1.54, 1.807) is 6.07 Å². The number of hydrogen-bond acceptors (Lipinski definition) is 4. The Morgan fingerprint density at radius 3 is 2.86 bits per heavy atom. The van der Waals surface area contributed by atoms with E-state index >= 15 is 0 Å². The van der Waals surface area contributed by atoms with Gasteiger partial charge >= 0.3 is 0 Å². The van der Waals surface area contributed by atoms with E-state index in [0.717, 1.165) is 15.8 Å². The van der Waals surface area contributed by atoms with Crippen molar-refractivity contribution < 1.29 is 4.74 Å². The molecule has 0 aliphatic heterocycles. The summed E-state index contributed by atoms with van der Waals surface area (Å²) in [5.41, 5.74) is 1.09. The molecule has 0 saturated carbocycles. The molecule has 0 N–H and O–H groups in total. The fourth-order valence-electron chi connectivity index (χ4n) is 2.01. The molecule has 0 amide bonds. The molecule has 21 heavy (non-hydrogen) atoms. The van der Waals surface area contributed by atoms with Gasteiger partial charge in [-0.1, -0.05) is 41.4 Å².